The van der Waals surface area contributed by atoms with Gasteiger partial charge in [0.2, 0.25) is 5.89 Å². The molecule has 1 unspecified atom stereocenters. The van der Waals surface area contributed by atoms with Gasteiger partial charge in [-0.15, -0.1) is 0 Å². The molecule has 0 spiro atoms. The van der Waals surface area contributed by atoms with Crippen LogP contribution in [-0.2, 0) is 11.3 Å². The van der Waals surface area contributed by atoms with Crippen LogP contribution in [0.5, 0.6) is 0 Å². The minimum atomic E-state index is -0.821. The molecule has 116 valence electrons. The zero-order valence-electron chi connectivity index (χ0n) is 13.3. The Balaban J connectivity index is 2.11. The molecule has 2 heterocycles. The van der Waals surface area contributed by atoms with Crippen LogP contribution in [0.3, 0.4) is 0 Å². The molecule has 0 bridgehead atoms. The highest BCUT2D eigenvalue weighted by Crippen LogP contribution is 2.26. The number of nitrogens with zero attached hydrogens (tertiary/aromatic N) is 2. The van der Waals surface area contributed by atoms with Crippen molar-refractivity contribution < 1.29 is 14.0 Å². The van der Waals surface area contributed by atoms with Crippen molar-refractivity contribution in [2.75, 3.05) is 0 Å². The molecule has 0 aromatic carbocycles. The third-order valence-electron chi connectivity index (χ3n) is 3.93. The number of urea groups is 1. The molecule has 1 aliphatic rings. The summed E-state index contributed by atoms with van der Waals surface area (Å²) in [6, 6.07) is -0.375. The summed E-state index contributed by atoms with van der Waals surface area (Å²) in [5.41, 5.74) is -0.0440. The van der Waals surface area contributed by atoms with Gasteiger partial charge in [0.05, 0.1) is 5.69 Å². The SMILES string of the molecule is Cc1nc(CN2C(=O)NC(C)(CCC(C)C)C2=O)oc1C. The Morgan fingerprint density at radius 2 is 2.00 bits per heavy atom. The zero-order chi connectivity index (χ0) is 15.8. The van der Waals surface area contributed by atoms with Crippen molar-refractivity contribution in [1.82, 2.24) is 15.2 Å². The van der Waals surface area contributed by atoms with Crippen LogP contribution in [0.1, 0.15) is 51.0 Å². The molecular formula is C15H23N3O3. The van der Waals surface area contributed by atoms with Crippen molar-refractivity contribution in [3.8, 4) is 0 Å². The largest absolute Gasteiger partial charge is 0.444 e. The maximum absolute atomic E-state index is 12.5. The number of aryl methyl sites for hydroxylation is 2. The summed E-state index contributed by atoms with van der Waals surface area (Å²) in [5.74, 6) is 1.38. The molecule has 21 heavy (non-hydrogen) atoms. The van der Waals surface area contributed by atoms with Crippen molar-refractivity contribution >= 4 is 11.9 Å². The summed E-state index contributed by atoms with van der Waals surface area (Å²) in [4.78, 5) is 30.0. The van der Waals surface area contributed by atoms with E-state index in [1.807, 2.05) is 13.8 Å². The van der Waals surface area contributed by atoms with Gasteiger partial charge in [0.15, 0.2) is 0 Å². The van der Waals surface area contributed by atoms with Gasteiger partial charge in [0.25, 0.3) is 5.91 Å². The maximum atomic E-state index is 12.5. The molecule has 0 aliphatic carbocycles. The van der Waals surface area contributed by atoms with E-state index in [1.165, 1.54) is 4.90 Å². The maximum Gasteiger partial charge on any atom is 0.325 e. The minimum Gasteiger partial charge on any atom is -0.444 e. The van der Waals surface area contributed by atoms with E-state index in [2.05, 4.69) is 24.1 Å². The Kier molecular flexibility index (Phi) is 4.07. The molecule has 1 aliphatic heterocycles. The van der Waals surface area contributed by atoms with Crippen molar-refractivity contribution in [3.05, 3.63) is 17.3 Å². The topological polar surface area (TPSA) is 75.4 Å². The van der Waals surface area contributed by atoms with Gasteiger partial charge < -0.3 is 9.73 Å². The van der Waals surface area contributed by atoms with Crippen molar-refractivity contribution in [3.63, 3.8) is 0 Å². The van der Waals surface area contributed by atoms with Crippen LogP contribution in [0, 0.1) is 19.8 Å². The summed E-state index contributed by atoms with van der Waals surface area (Å²) in [6.45, 7) is 9.70. The summed E-state index contributed by atoms with van der Waals surface area (Å²) in [7, 11) is 0. The van der Waals surface area contributed by atoms with Crippen LogP contribution in [0.25, 0.3) is 0 Å². The Bertz CT molecular complexity index is 545. The van der Waals surface area contributed by atoms with E-state index >= 15 is 0 Å². The van der Waals surface area contributed by atoms with E-state index in [0.29, 0.717) is 24.0 Å². The molecule has 0 radical (unpaired) electrons. The fraction of sp³-hybridized carbons (Fsp3) is 0.667. The van der Waals surface area contributed by atoms with Gasteiger partial charge in [0, 0.05) is 0 Å². The van der Waals surface area contributed by atoms with Crippen molar-refractivity contribution in [1.29, 1.82) is 0 Å². The van der Waals surface area contributed by atoms with Gasteiger partial charge in [-0.2, -0.15) is 0 Å². The number of nitrogens with one attached hydrogen (secondary N) is 1. The van der Waals surface area contributed by atoms with Crippen LogP contribution in [-0.4, -0.2) is 27.4 Å². The molecular weight excluding hydrogens is 270 g/mol. The van der Waals surface area contributed by atoms with Crippen molar-refractivity contribution in [2.45, 2.75) is 59.5 Å². The van der Waals surface area contributed by atoms with Gasteiger partial charge in [-0.25, -0.2) is 9.78 Å². The second-order valence-electron chi connectivity index (χ2n) is 6.34. The van der Waals surface area contributed by atoms with Gasteiger partial charge in [-0.3, -0.25) is 9.69 Å². The Labute approximate surface area is 124 Å². The molecule has 1 saturated heterocycles. The van der Waals surface area contributed by atoms with E-state index in [0.717, 1.165) is 12.1 Å². The lowest BCUT2D eigenvalue weighted by molar-refractivity contribution is -0.131. The predicted octanol–water partition coefficient (Wildman–Crippen LogP) is 2.54. The number of imide groups is 1. The van der Waals surface area contributed by atoms with Gasteiger partial charge >= 0.3 is 6.03 Å². The molecule has 3 amide bonds. The van der Waals surface area contributed by atoms with Gasteiger partial charge in [0.1, 0.15) is 17.8 Å². The highest BCUT2D eigenvalue weighted by Gasteiger charge is 2.47. The Hall–Kier alpha value is -1.85. The number of carbonyl (C=O) groups excluding carboxylic acids is 2. The Morgan fingerprint density at radius 1 is 1.33 bits per heavy atom. The number of hydrogen-bond donors (Lipinski definition) is 1. The van der Waals surface area contributed by atoms with Crippen LogP contribution in [0.15, 0.2) is 4.42 Å². The Morgan fingerprint density at radius 3 is 2.52 bits per heavy atom. The van der Waals surface area contributed by atoms with E-state index in [1.54, 1.807) is 6.92 Å². The highest BCUT2D eigenvalue weighted by atomic mass is 16.4. The molecule has 1 aromatic rings. The van der Waals surface area contributed by atoms with E-state index in [9.17, 15) is 9.59 Å². The standard InChI is InChI=1S/C15H23N3O3/c1-9(2)6-7-15(5)13(19)18(14(20)17-15)8-12-16-10(3)11(4)21-12/h9H,6-8H2,1-5H3,(H,17,20). The number of rotatable bonds is 5. The smallest absolute Gasteiger partial charge is 0.325 e. The monoisotopic (exact) mass is 293 g/mol. The molecule has 1 aromatic heterocycles. The summed E-state index contributed by atoms with van der Waals surface area (Å²) in [6.07, 6.45) is 1.52. The molecule has 6 heteroatoms. The highest BCUT2D eigenvalue weighted by molar-refractivity contribution is 6.06. The first kappa shape index (κ1) is 15.5. The molecule has 1 atom stereocenters. The van der Waals surface area contributed by atoms with Crippen molar-refractivity contribution in [2.24, 2.45) is 5.92 Å². The number of hydrogen-bond acceptors (Lipinski definition) is 4. The quantitative estimate of drug-likeness (QED) is 0.846. The van der Waals surface area contributed by atoms with E-state index in [-0.39, 0.29) is 18.5 Å². The normalized spacial score (nSPS) is 22.3. The van der Waals surface area contributed by atoms with E-state index < -0.39 is 5.54 Å². The first-order valence-corrected chi connectivity index (χ1v) is 7.30. The fourth-order valence-electron chi connectivity index (χ4n) is 2.38. The molecule has 1 fully saturated rings. The van der Waals surface area contributed by atoms with Crippen LogP contribution >= 0.6 is 0 Å². The molecule has 6 nitrogen and oxygen atoms in total. The van der Waals surface area contributed by atoms with E-state index in [4.69, 9.17) is 4.42 Å². The lowest BCUT2D eigenvalue weighted by Crippen LogP contribution is -2.44. The summed E-state index contributed by atoms with van der Waals surface area (Å²) < 4.78 is 5.45. The number of oxazole rings is 1. The van der Waals surface area contributed by atoms with Gasteiger partial charge in [-0.1, -0.05) is 13.8 Å². The lowest BCUT2D eigenvalue weighted by atomic mass is 9.92. The summed E-state index contributed by atoms with van der Waals surface area (Å²) >= 11 is 0. The third-order valence-corrected chi connectivity index (χ3v) is 3.93. The second-order valence-corrected chi connectivity index (χ2v) is 6.34. The average molecular weight is 293 g/mol. The van der Waals surface area contributed by atoms with Crippen LogP contribution in [0.2, 0.25) is 0 Å². The fourth-order valence-corrected chi connectivity index (χ4v) is 2.38. The third kappa shape index (κ3) is 3.09. The van der Waals surface area contributed by atoms with Crippen LogP contribution < -0.4 is 5.32 Å². The molecule has 2 rings (SSSR count). The zero-order valence-corrected chi connectivity index (χ0v) is 13.3. The lowest BCUT2D eigenvalue weighted by Gasteiger charge is -2.22. The van der Waals surface area contributed by atoms with Gasteiger partial charge in [-0.05, 0) is 39.5 Å². The first-order valence-electron chi connectivity index (χ1n) is 7.30. The molecule has 0 saturated carbocycles. The number of amides is 3. The number of aromatic nitrogens is 1. The second kappa shape index (κ2) is 5.50. The molecule has 1 N–H and O–H groups in total. The van der Waals surface area contributed by atoms with Crippen LogP contribution in [0.4, 0.5) is 4.79 Å². The first-order chi connectivity index (χ1) is 9.73. The average Bonchev–Trinajstić information content (AvgIpc) is 2.81. The number of carbonyl (C=O) groups is 2. The minimum absolute atomic E-state index is 0.0800. The predicted molar refractivity (Wildman–Crippen MR) is 77.5 cm³/mol. The summed E-state index contributed by atoms with van der Waals surface area (Å²) in [5, 5.41) is 2.80.